The Bertz CT molecular complexity index is 269. The van der Waals surface area contributed by atoms with Gasteiger partial charge in [0.25, 0.3) is 0 Å². The largest absolute Gasteiger partial charge is 0.258 e. The van der Waals surface area contributed by atoms with E-state index >= 15 is 0 Å². The summed E-state index contributed by atoms with van der Waals surface area (Å²) in [5.41, 5.74) is 4.84. The predicted molar refractivity (Wildman–Crippen MR) is 57.3 cm³/mol. The Labute approximate surface area is 85.1 Å². The van der Waals surface area contributed by atoms with Crippen LogP contribution in [0.3, 0.4) is 0 Å². The molecule has 0 aliphatic carbocycles. The first-order valence-electron chi connectivity index (χ1n) is 4.77. The molecule has 0 radical (unpaired) electrons. The molecule has 0 unspecified atom stereocenters. The summed E-state index contributed by atoms with van der Waals surface area (Å²) in [7, 11) is 0. The molecule has 1 nitrogen and oxygen atoms in total. The third kappa shape index (κ3) is 2.22. The topological polar surface area (TPSA) is 12.9 Å². The Morgan fingerprint density at radius 3 is 2.46 bits per heavy atom. The summed E-state index contributed by atoms with van der Waals surface area (Å²) in [4.78, 5) is 4.49. The van der Waals surface area contributed by atoms with Crippen LogP contribution in [-0.2, 0) is 18.7 Å². The van der Waals surface area contributed by atoms with Gasteiger partial charge >= 0.3 is 0 Å². The lowest BCUT2D eigenvalue weighted by molar-refractivity contribution is 0.941. The van der Waals surface area contributed by atoms with E-state index in [0.29, 0.717) is 5.88 Å². The number of aromatic nitrogens is 1. The van der Waals surface area contributed by atoms with Gasteiger partial charge in [-0.25, -0.2) is 0 Å². The minimum Gasteiger partial charge on any atom is -0.258 e. The highest BCUT2D eigenvalue weighted by Gasteiger charge is 2.07. The van der Waals surface area contributed by atoms with Gasteiger partial charge in [0.1, 0.15) is 0 Å². The molecule has 0 amide bonds. The van der Waals surface area contributed by atoms with E-state index in [4.69, 9.17) is 11.6 Å². The van der Waals surface area contributed by atoms with Gasteiger partial charge in [-0.05, 0) is 37.0 Å². The summed E-state index contributed by atoms with van der Waals surface area (Å²) in [5.74, 6) is 0.583. The molecule has 0 aliphatic rings. The SMILES string of the molecule is CCc1cc(C)nc(CC)c1CCl. The quantitative estimate of drug-likeness (QED) is 0.678. The minimum atomic E-state index is 0.583. The van der Waals surface area contributed by atoms with E-state index in [-0.39, 0.29) is 0 Å². The van der Waals surface area contributed by atoms with Crippen LogP contribution >= 0.6 is 11.6 Å². The fraction of sp³-hybridized carbons (Fsp3) is 0.545. The van der Waals surface area contributed by atoms with Crippen LogP contribution in [-0.4, -0.2) is 4.98 Å². The Kier molecular flexibility index (Phi) is 3.73. The highest BCUT2D eigenvalue weighted by atomic mass is 35.5. The average Bonchev–Trinajstić information content (AvgIpc) is 2.16. The second-order valence-corrected chi connectivity index (χ2v) is 3.46. The van der Waals surface area contributed by atoms with Gasteiger partial charge in [-0.15, -0.1) is 11.6 Å². The molecule has 1 aromatic heterocycles. The molecule has 0 atom stereocenters. The number of aryl methyl sites for hydroxylation is 3. The molecule has 0 spiro atoms. The van der Waals surface area contributed by atoms with Crippen LogP contribution in [0.5, 0.6) is 0 Å². The van der Waals surface area contributed by atoms with E-state index in [9.17, 15) is 0 Å². The Balaban J connectivity index is 3.25. The highest BCUT2D eigenvalue weighted by Crippen LogP contribution is 2.18. The van der Waals surface area contributed by atoms with Crippen molar-refractivity contribution in [3.63, 3.8) is 0 Å². The zero-order valence-corrected chi connectivity index (χ0v) is 9.28. The lowest BCUT2D eigenvalue weighted by Gasteiger charge is -2.10. The molecular formula is C11H16ClN. The number of hydrogen-bond donors (Lipinski definition) is 0. The van der Waals surface area contributed by atoms with Gasteiger partial charge in [-0.2, -0.15) is 0 Å². The van der Waals surface area contributed by atoms with Crippen LogP contribution in [0.4, 0.5) is 0 Å². The predicted octanol–water partition coefficient (Wildman–Crippen LogP) is 3.25. The molecule has 1 heterocycles. The zero-order valence-electron chi connectivity index (χ0n) is 8.52. The molecule has 13 heavy (non-hydrogen) atoms. The van der Waals surface area contributed by atoms with Crippen molar-refractivity contribution in [2.75, 3.05) is 0 Å². The van der Waals surface area contributed by atoms with E-state index in [1.165, 1.54) is 11.1 Å². The zero-order chi connectivity index (χ0) is 9.84. The van der Waals surface area contributed by atoms with E-state index in [2.05, 4.69) is 24.9 Å². The molecular weight excluding hydrogens is 182 g/mol. The summed E-state index contributed by atoms with van der Waals surface area (Å²) in [6, 6.07) is 2.14. The van der Waals surface area contributed by atoms with Crippen molar-refractivity contribution < 1.29 is 0 Å². The summed E-state index contributed by atoms with van der Waals surface area (Å²) >= 11 is 5.91. The fourth-order valence-electron chi connectivity index (χ4n) is 1.61. The van der Waals surface area contributed by atoms with Crippen LogP contribution in [0.25, 0.3) is 0 Å². The van der Waals surface area contributed by atoms with Crippen molar-refractivity contribution in [2.45, 2.75) is 39.5 Å². The van der Waals surface area contributed by atoms with Crippen molar-refractivity contribution in [2.24, 2.45) is 0 Å². The van der Waals surface area contributed by atoms with E-state index in [0.717, 1.165) is 24.2 Å². The van der Waals surface area contributed by atoms with Crippen LogP contribution in [0.2, 0.25) is 0 Å². The maximum atomic E-state index is 5.91. The van der Waals surface area contributed by atoms with Crippen molar-refractivity contribution >= 4 is 11.6 Å². The van der Waals surface area contributed by atoms with E-state index in [1.807, 2.05) is 6.92 Å². The van der Waals surface area contributed by atoms with Gasteiger partial charge < -0.3 is 0 Å². The first kappa shape index (κ1) is 10.5. The van der Waals surface area contributed by atoms with E-state index in [1.54, 1.807) is 0 Å². The number of rotatable bonds is 3. The summed E-state index contributed by atoms with van der Waals surface area (Å²) in [6.07, 6.45) is 2.01. The Morgan fingerprint density at radius 2 is 2.00 bits per heavy atom. The molecule has 0 bridgehead atoms. The van der Waals surface area contributed by atoms with Crippen molar-refractivity contribution in [3.05, 3.63) is 28.6 Å². The average molecular weight is 198 g/mol. The Hall–Kier alpha value is -0.560. The maximum absolute atomic E-state index is 5.91. The van der Waals surface area contributed by atoms with Gasteiger partial charge in [0.05, 0.1) is 0 Å². The van der Waals surface area contributed by atoms with Crippen molar-refractivity contribution in [1.82, 2.24) is 4.98 Å². The van der Waals surface area contributed by atoms with Gasteiger partial charge in [0, 0.05) is 17.3 Å². The molecule has 0 aromatic carbocycles. The lowest BCUT2D eigenvalue weighted by Crippen LogP contribution is -2.01. The van der Waals surface area contributed by atoms with Crippen molar-refractivity contribution in [1.29, 1.82) is 0 Å². The van der Waals surface area contributed by atoms with Crippen LogP contribution in [0, 0.1) is 6.92 Å². The maximum Gasteiger partial charge on any atom is 0.0494 e. The summed E-state index contributed by atoms with van der Waals surface area (Å²) in [5, 5.41) is 0. The first-order chi connectivity index (χ1) is 6.22. The lowest BCUT2D eigenvalue weighted by atomic mass is 10.0. The molecule has 2 heteroatoms. The molecule has 0 aliphatic heterocycles. The molecule has 1 rings (SSSR count). The van der Waals surface area contributed by atoms with Gasteiger partial charge in [0.2, 0.25) is 0 Å². The van der Waals surface area contributed by atoms with Crippen LogP contribution in [0.1, 0.15) is 36.4 Å². The number of halogens is 1. The molecule has 0 fully saturated rings. The summed E-state index contributed by atoms with van der Waals surface area (Å²) < 4.78 is 0. The normalized spacial score (nSPS) is 10.5. The molecule has 72 valence electrons. The third-order valence-corrected chi connectivity index (χ3v) is 2.55. The molecule has 0 saturated heterocycles. The number of alkyl halides is 1. The number of pyridine rings is 1. The monoisotopic (exact) mass is 197 g/mol. The van der Waals surface area contributed by atoms with E-state index < -0.39 is 0 Å². The first-order valence-corrected chi connectivity index (χ1v) is 5.30. The van der Waals surface area contributed by atoms with Crippen LogP contribution < -0.4 is 0 Å². The molecule has 1 aromatic rings. The van der Waals surface area contributed by atoms with Gasteiger partial charge in [0.15, 0.2) is 0 Å². The van der Waals surface area contributed by atoms with Crippen molar-refractivity contribution in [3.8, 4) is 0 Å². The number of nitrogens with zero attached hydrogens (tertiary/aromatic N) is 1. The summed E-state index contributed by atoms with van der Waals surface area (Å²) in [6.45, 7) is 6.32. The second kappa shape index (κ2) is 4.61. The Morgan fingerprint density at radius 1 is 1.31 bits per heavy atom. The standard InChI is InChI=1S/C11H16ClN/c1-4-9-6-8(3)13-11(5-2)10(9)7-12/h6H,4-5,7H2,1-3H3. The fourth-order valence-corrected chi connectivity index (χ4v) is 1.93. The molecule has 0 N–H and O–H groups in total. The number of hydrogen-bond acceptors (Lipinski definition) is 1. The second-order valence-electron chi connectivity index (χ2n) is 3.19. The molecule has 0 saturated carbocycles. The minimum absolute atomic E-state index is 0.583. The van der Waals surface area contributed by atoms with Gasteiger partial charge in [-0.1, -0.05) is 13.8 Å². The third-order valence-electron chi connectivity index (χ3n) is 2.28. The van der Waals surface area contributed by atoms with Crippen LogP contribution in [0.15, 0.2) is 6.07 Å². The smallest absolute Gasteiger partial charge is 0.0494 e. The van der Waals surface area contributed by atoms with Gasteiger partial charge in [-0.3, -0.25) is 4.98 Å². The highest BCUT2D eigenvalue weighted by molar-refractivity contribution is 6.17.